The first kappa shape index (κ1) is 19.6. The predicted octanol–water partition coefficient (Wildman–Crippen LogP) is 4.06. The molecule has 0 unspecified atom stereocenters. The zero-order chi connectivity index (χ0) is 19.3. The Bertz CT molecular complexity index is 984. The zero-order valence-corrected chi connectivity index (χ0v) is 16.8. The van der Waals surface area contributed by atoms with Crippen LogP contribution in [0.25, 0.3) is 11.5 Å². The molecular formula is C19H21N3O3S2. The molecule has 0 aliphatic heterocycles. The molecule has 0 bridgehead atoms. The molecule has 0 saturated heterocycles. The van der Waals surface area contributed by atoms with E-state index in [9.17, 15) is 8.42 Å². The molecule has 8 heteroatoms. The summed E-state index contributed by atoms with van der Waals surface area (Å²) in [4.78, 5) is 0.223. The Balaban J connectivity index is 1.79. The molecule has 27 heavy (non-hydrogen) atoms. The molecule has 0 atom stereocenters. The SMILES string of the molecule is CCN(CC)S(=O)(=O)c1cccc(-c2nnc(SCc3ccccc3)o2)c1. The fourth-order valence-electron chi connectivity index (χ4n) is 2.61. The molecule has 3 aromatic rings. The lowest BCUT2D eigenvalue weighted by atomic mass is 10.2. The van der Waals surface area contributed by atoms with Crippen LogP contribution in [0, 0.1) is 0 Å². The number of aromatic nitrogens is 2. The van der Waals surface area contributed by atoms with Gasteiger partial charge in [-0.15, -0.1) is 10.2 Å². The normalized spacial score (nSPS) is 11.8. The van der Waals surface area contributed by atoms with E-state index in [-0.39, 0.29) is 4.90 Å². The van der Waals surface area contributed by atoms with Crippen LogP contribution in [0.15, 0.2) is 69.1 Å². The summed E-state index contributed by atoms with van der Waals surface area (Å²) in [5.41, 5.74) is 1.75. The highest BCUT2D eigenvalue weighted by Crippen LogP contribution is 2.27. The number of sulfonamides is 1. The molecule has 0 spiro atoms. The lowest BCUT2D eigenvalue weighted by Crippen LogP contribution is -2.30. The molecule has 1 heterocycles. The van der Waals surface area contributed by atoms with E-state index in [1.807, 2.05) is 44.2 Å². The summed E-state index contributed by atoms with van der Waals surface area (Å²) < 4.78 is 32.5. The molecule has 142 valence electrons. The van der Waals surface area contributed by atoms with Gasteiger partial charge in [0, 0.05) is 24.4 Å². The van der Waals surface area contributed by atoms with Gasteiger partial charge in [-0.05, 0) is 23.8 Å². The van der Waals surface area contributed by atoms with E-state index in [4.69, 9.17) is 4.42 Å². The van der Waals surface area contributed by atoms with Crippen molar-refractivity contribution in [1.82, 2.24) is 14.5 Å². The Labute approximate surface area is 163 Å². The molecule has 0 N–H and O–H groups in total. The van der Waals surface area contributed by atoms with Crippen LogP contribution in [0.2, 0.25) is 0 Å². The number of thioether (sulfide) groups is 1. The van der Waals surface area contributed by atoms with Crippen LogP contribution in [0.5, 0.6) is 0 Å². The van der Waals surface area contributed by atoms with Crippen molar-refractivity contribution in [3.8, 4) is 11.5 Å². The molecule has 6 nitrogen and oxygen atoms in total. The van der Waals surface area contributed by atoms with E-state index in [2.05, 4.69) is 10.2 Å². The van der Waals surface area contributed by atoms with Crippen LogP contribution < -0.4 is 0 Å². The minimum atomic E-state index is -3.53. The first-order chi connectivity index (χ1) is 13.0. The Kier molecular flexibility index (Phi) is 6.30. The number of hydrogen-bond acceptors (Lipinski definition) is 6. The van der Waals surface area contributed by atoms with Crippen LogP contribution in [0.3, 0.4) is 0 Å². The monoisotopic (exact) mass is 403 g/mol. The molecule has 0 saturated carbocycles. The highest BCUT2D eigenvalue weighted by Gasteiger charge is 2.22. The second-order valence-corrected chi connectivity index (χ2v) is 8.63. The summed E-state index contributed by atoms with van der Waals surface area (Å²) in [5.74, 6) is 1.03. The van der Waals surface area contributed by atoms with Gasteiger partial charge in [0.25, 0.3) is 5.22 Å². The molecule has 0 aliphatic carbocycles. The van der Waals surface area contributed by atoms with E-state index < -0.39 is 10.0 Å². The summed E-state index contributed by atoms with van der Waals surface area (Å²) in [6.07, 6.45) is 0. The summed E-state index contributed by atoms with van der Waals surface area (Å²) in [6.45, 7) is 4.48. The van der Waals surface area contributed by atoms with Crippen LogP contribution in [0.1, 0.15) is 19.4 Å². The first-order valence-electron chi connectivity index (χ1n) is 8.65. The smallest absolute Gasteiger partial charge is 0.277 e. The summed E-state index contributed by atoms with van der Waals surface area (Å²) in [7, 11) is -3.53. The third kappa shape index (κ3) is 4.58. The maximum Gasteiger partial charge on any atom is 0.277 e. The van der Waals surface area contributed by atoms with Crippen LogP contribution in [-0.2, 0) is 15.8 Å². The van der Waals surface area contributed by atoms with Gasteiger partial charge in [0.05, 0.1) is 4.90 Å². The Morgan fingerprint density at radius 1 is 1.00 bits per heavy atom. The molecular weight excluding hydrogens is 382 g/mol. The highest BCUT2D eigenvalue weighted by atomic mass is 32.2. The minimum absolute atomic E-state index is 0.223. The van der Waals surface area contributed by atoms with Crippen molar-refractivity contribution in [3.63, 3.8) is 0 Å². The lowest BCUT2D eigenvalue weighted by Gasteiger charge is -2.18. The van der Waals surface area contributed by atoms with Gasteiger partial charge in [0.2, 0.25) is 15.9 Å². The molecule has 0 amide bonds. The van der Waals surface area contributed by atoms with E-state index in [1.54, 1.807) is 24.3 Å². The van der Waals surface area contributed by atoms with Crippen molar-refractivity contribution in [1.29, 1.82) is 0 Å². The molecule has 1 aromatic heterocycles. The van der Waals surface area contributed by atoms with Gasteiger partial charge in [-0.3, -0.25) is 0 Å². The quantitative estimate of drug-likeness (QED) is 0.528. The Morgan fingerprint density at radius 3 is 2.44 bits per heavy atom. The number of rotatable bonds is 8. The van der Waals surface area contributed by atoms with Gasteiger partial charge in [-0.25, -0.2) is 8.42 Å². The number of nitrogens with zero attached hydrogens (tertiary/aromatic N) is 3. The van der Waals surface area contributed by atoms with Crippen molar-refractivity contribution >= 4 is 21.8 Å². The summed E-state index contributed by atoms with van der Waals surface area (Å²) >= 11 is 1.44. The zero-order valence-electron chi connectivity index (χ0n) is 15.2. The molecule has 0 fully saturated rings. The first-order valence-corrected chi connectivity index (χ1v) is 11.1. The van der Waals surface area contributed by atoms with Gasteiger partial charge in [-0.2, -0.15) is 4.31 Å². The second-order valence-electron chi connectivity index (χ2n) is 5.76. The van der Waals surface area contributed by atoms with Crippen molar-refractivity contribution in [2.75, 3.05) is 13.1 Å². The second kappa shape index (κ2) is 8.69. The van der Waals surface area contributed by atoms with E-state index in [0.29, 0.717) is 29.8 Å². The number of hydrogen-bond donors (Lipinski definition) is 0. The standard InChI is InChI=1S/C19H21N3O3S2/c1-3-22(4-2)27(23,24)17-12-8-11-16(13-17)18-20-21-19(25-18)26-14-15-9-6-5-7-10-15/h5-13H,3-4,14H2,1-2H3. The fourth-order valence-corrected chi connectivity index (χ4v) is 4.83. The number of benzene rings is 2. The summed E-state index contributed by atoms with van der Waals surface area (Å²) in [5, 5.41) is 8.56. The van der Waals surface area contributed by atoms with E-state index in [0.717, 1.165) is 11.3 Å². The van der Waals surface area contributed by atoms with Crippen molar-refractivity contribution < 1.29 is 12.8 Å². The third-order valence-corrected chi connectivity index (χ3v) is 6.97. The van der Waals surface area contributed by atoms with Crippen LogP contribution in [0.4, 0.5) is 0 Å². The van der Waals surface area contributed by atoms with Gasteiger partial charge < -0.3 is 4.42 Å². The van der Waals surface area contributed by atoms with Crippen molar-refractivity contribution in [2.24, 2.45) is 0 Å². The van der Waals surface area contributed by atoms with Crippen LogP contribution >= 0.6 is 11.8 Å². The molecule has 0 aliphatic rings. The molecule has 2 aromatic carbocycles. The van der Waals surface area contributed by atoms with Crippen LogP contribution in [-0.4, -0.2) is 36.0 Å². The van der Waals surface area contributed by atoms with Crippen molar-refractivity contribution in [2.45, 2.75) is 29.7 Å². The highest BCUT2D eigenvalue weighted by molar-refractivity contribution is 7.98. The third-order valence-electron chi connectivity index (χ3n) is 4.04. The van der Waals surface area contributed by atoms with E-state index >= 15 is 0 Å². The Hall–Kier alpha value is -2.16. The van der Waals surface area contributed by atoms with Gasteiger partial charge in [0.1, 0.15) is 0 Å². The van der Waals surface area contributed by atoms with E-state index in [1.165, 1.54) is 16.1 Å². The predicted molar refractivity (Wildman–Crippen MR) is 106 cm³/mol. The van der Waals surface area contributed by atoms with Gasteiger partial charge in [0.15, 0.2) is 0 Å². The molecule has 0 radical (unpaired) electrons. The van der Waals surface area contributed by atoms with Gasteiger partial charge >= 0.3 is 0 Å². The largest absolute Gasteiger partial charge is 0.411 e. The van der Waals surface area contributed by atoms with Gasteiger partial charge in [-0.1, -0.05) is 62.0 Å². The maximum atomic E-state index is 12.7. The fraction of sp³-hybridized carbons (Fsp3) is 0.263. The average Bonchev–Trinajstić information content (AvgIpc) is 3.17. The minimum Gasteiger partial charge on any atom is -0.411 e. The average molecular weight is 404 g/mol. The lowest BCUT2D eigenvalue weighted by molar-refractivity contribution is 0.445. The van der Waals surface area contributed by atoms with Crippen molar-refractivity contribution in [3.05, 3.63) is 60.2 Å². The molecule has 3 rings (SSSR count). The Morgan fingerprint density at radius 2 is 1.74 bits per heavy atom. The summed E-state index contributed by atoms with van der Waals surface area (Å²) in [6, 6.07) is 16.6. The topological polar surface area (TPSA) is 76.3 Å². The maximum absolute atomic E-state index is 12.7.